The van der Waals surface area contributed by atoms with E-state index < -0.39 is 0 Å². The van der Waals surface area contributed by atoms with Crippen LogP contribution in [0.25, 0.3) is 0 Å². The molecule has 0 aliphatic rings. The average Bonchev–Trinajstić information content (AvgIpc) is 2.66. The van der Waals surface area contributed by atoms with Gasteiger partial charge < -0.3 is 15.0 Å². The minimum Gasteiger partial charge on any atom is -0.497 e. The SMILES string of the molecule is COc1ccc(CCNC(=O)CCN(Cc2cccnc2)C(C)=O)cc1. The number of nitrogens with one attached hydrogen (secondary N) is 1. The predicted octanol–water partition coefficient (Wildman–Crippen LogP) is 2.19. The Hall–Kier alpha value is -2.89. The number of aromatic nitrogens is 1. The number of carbonyl (C=O) groups excluding carboxylic acids is 2. The first-order chi connectivity index (χ1) is 12.6. The Bertz CT molecular complexity index is 702. The highest BCUT2D eigenvalue weighted by Gasteiger charge is 2.11. The van der Waals surface area contributed by atoms with Crippen molar-refractivity contribution in [1.29, 1.82) is 0 Å². The summed E-state index contributed by atoms with van der Waals surface area (Å²) in [5, 5.41) is 2.90. The van der Waals surface area contributed by atoms with Crippen molar-refractivity contribution in [3.8, 4) is 5.75 Å². The predicted molar refractivity (Wildman–Crippen MR) is 99.7 cm³/mol. The number of amides is 2. The largest absolute Gasteiger partial charge is 0.497 e. The lowest BCUT2D eigenvalue weighted by Crippen LogP contribution is -2.34. The minimum atomic E-state index is -0.0593. The van der Waals surface area contributed by atoms with Crippen LogP contribution in [0, 0.1) is 0 Å². The maximum atomic E-state index is 12.0. The number of ether oxygens (including phenoxy) is 1. The van der Waals surface area contributed by atoms with Gasteiger partial charge in [0.05, 0.1) is 7.11 Å². The van der Waals surface area contributed by atoms with E-state index in [9.17, 15) is 9.59 Å². The molecule has 1 heterocycles. The molecule has 1 aromatic carbocycles. The fraction of sp³-hybridized carbons (Fsp3) is 0.350. The van der Waals surface area contributed by atoms with Gasteiger partial charge in [0.25, 0.3) is 0 Å². The molecule has 6 heteroatoms. The van der Waals surface area contributed by atoms with Gasteiger partial charge >= 0.3 is 0 Å². The number of nitrogens with zero attached hydrogens (tertiary/aromatic N) is 2. The molecular weight excluding hydrogens is 330 g/mol. The maximum Gasteiger partial charge on any atom is 0.221 e. The van der Waals surface area contributed by atoms with E-state index in [1.807, 2.05) is 36.4 Å². The minimum absolute atomic E-state index is 0.0557. The summed E-state index contributed by atoms with van der Waals surface area (Å²) in [5.74, 6) is 0.701. The lowest BCUT2D eigenvalue weighted by molar-refractivity contribution is -0.130. The van der Waals surface area contributed by atoms with Gasteiger partial charge in [-0.2, -0.15) is 0 Å². The number of rotatable bonds is 9. The number of hydrogen-bond donors (Lipinski definition) is 1. The third-order valence-electron chi connectivity index (χ3n) is 4.05. The van der Waals surface area contributed by atoms with Crippen molar-refractivity contribution < 1.29 is 14.3 Å². The second-order valence-electron chi connectivity index (χ2n) is 6.00. The molecule has 0 spiro atoms. The van der Waals surface area contributed by atoms with Crippen LogP contribution in [0.1, 0.15) is 24.5 Å². The molecule has 0 saturated heterocycles. The van der Waals surface area contributed by atoms with Crippen LogP contribution in [0.3, 0.4) is 0 Å². The van der Waals surface area contributed by atoms with Crippen molar-refractivity contribution in [2.75, 3.05) is 20.2 Å². The normalized spacial score (nSPS) is 10.2. The molecule has 26 heavy (non-hydrogen) atoms. The quantitative estimate of drug-likeness (QED) is 0.748. The molecule has 0 radical (unpaired) electrons. The standard InChI is InChI=1S/C20H25N3O3/c1-16(24)23(15-18-4-3-11-21-14-18)13-10-20(25)22-12-9-17-5-7-19(26-2)8-6-17/h3-8,11,14H,9-10,12-13,15H2,1-2H3,(H,22,25). The average molecular weight is 355 g/mol. The smallest absolute Gasteiger partial charge is 0.221 e. The summed E-state index contributed by atoms with van der Waals surface area (Å²) in [6.07, 6.45) is 4.45. The third kappa shape index (κ3) is 6.55. The molecular formula is C20H25N3O3. The van der Waals surface area contributed by atoms with Gasteiger partial charge in [-0.05, 0) is 35.7 Å². The topological polar surface area (TPSA) is 71.5 Å². The molecule has 2 amide bonds. The molecule has 6 nitrogen and oxygen atoms in total. The Kier molecular flexibility index (Phi) is 7.61. The molecule has 0 saturated carbocycles. The van der Waals surface area contributed by atoms with Crippen LogP contribution in [0.5, 0.6) is 5.75 Å². The first kappa shape index (κ1) is 19.4. The van der Waals surface area contributed by atoms with Crippen molar-refractivity contribution in [1.82, 2.24) is 15.2 Å². The lowest BCUT2D eigenvalue weighted by Gasteiger charge is -2.20. The Morgan fingerprint density at radius 3 is 2.54 bits per heavy atom. The zero-order valence-corrected chi connectivity index (χ0v) is 15.3. The van der Waals surface area contributed by atoms with Gasteiger partial charge in [-0.25, -0.2) is 0 Å². The fourth-order valence-corrected chi connectivity index (χ4v) is 2.52. The van der Waals surface area contributed by atoms with Crippen molar-refractivity contribution in [3.05, 3.63) is 59.9 Å². The maximum absolute atomic E-state index is 12.0. The van der Waals surface area contributed by atoms with Crippen LogP contribution in [-0.4, -0.2) is 41.9 Å². The Labute approximate surface area is 154 Å². The highest BCUT2D eigenvalue weighted by molar-refractivity contribution is 5.78. The molecule has 2 rings (SSSR count). The summed E-state index contributed by atoms with van der Waals surface area (Å²) in [6.45, 7) is 2.92. The van der Waals surface area contributed by atoms with E-state index >= 15 is 0 Å². The van der Waals surface area contributed by atoms with Gasteiger partial charge in [0, 0.05) is 45.4 Å². The Morgan fingerprint density at radius 1 is 1.15 bits per heavy atom. The van der Waals surface area contributed by atoms with Gasteiger partial charge in [-0.15, -0.1) is 0 Å². The molecule has 0 fully saturated rings. The summed E-state index contributed by atoms with van der Waals surface area (Å²) in [6, 6.07) is 11.5. The van der Waals surface area contributed by atoms with Gasteiger partial charge in [-0.3, -0.25) is 14.6 Å². The molecule has 1 aromatic heterocycles. The third-order valence-corrected chi connectivity index (χ3v) is 4.05. The van der Waals surface area contributed by atoms with Gasteiger partial charge in [0.15, 0.2) is 0 Å². The first-order valence-electron chi connectivity index (χ1n) is 8.62. The Morgan fingerprint density at radius 2 is 1.92 bits per heavy atom. The molecule has 0 atom stereocenters. The van der Waals surface area contributed by atoms with Crippen LogP contribution in [0.15, 0.2) is 48.8 Å². The van der Waals surface area contributed by atoms with E-state index in [4.69, 9.17) is 4.74 Å². The summed E-state index contributed by atoms with van der Waals surface area (Å²) >= 11 is 0. The summed E-state index contributed by atoms with van der Waals surface area (Å²) in [5.41, 5.74) is 2.08. The van der Waals surface area contributed by atoms with E-state index in [1.165, 1.54) is 6.92 Å². The van der Waals surface area contributed by atoms with E-state index in [1.54, 1.807) is 24.4 Å². The van der Waals surface area contributed by atoms with Crippen molar-refractivity contribution in [3.63, 3.8) is 0 Å². The van der Waals surface area contributed by atoms with Crippen LogP contribution < -0.4 is 10.1 Å². The fourth-order valence-electron chi connectivity index (χ4n) is 2.52. The Balaban J connectivity index is 1.72. The van der Waals surface area contributed by atoms with Gasteiger partial charge in [0.2, 0.25) is 11.8 Å². The van der Waals surface area contributed by atoms with Crippen LogP contribution in [0.4, 0.5) is 0 Å². The second-order valence-corrected chi connectivity index (χ2v) is 6.00. The highest BCUT2D eigenvalue weighted by atomic mass is 16.5. The van der Waals surface area contributed by atoms with Crippen LogP contribution >= 0.6 is 0 Å². The molecule has 138 valence electrons. The molecule has 0 aliphatic heterocycles. The zero-order chi connectivity index (χ0) is 18.8. The summed E-state index contributed by atoms with van der Waals surface area (Å²) < 4.78 is 5.12. The van der Waals surface area contributed by atoms with Crippen molar-refractivity contribution in [2.45, 2.75) is 26.3 Å². The molecule has 0 unspecified atom stereocenters. The number of benzene rings is 1. The number of pyridine rings is 1. The van der Waals surface area contributed by atoms with Crippen LogP contribution in [-0.2, 0) is 22.6 Å². The molecule has 1 N–H and O–H groups in total. The number of carbonyl (C=O) groups is 2. The van der Waals surface area contributed by atoms with Gasteiger partial charge in [0.1, 0.15) is 5.75 Å². The monoisotopic (exact) mass is 355 g/mol. The molecule has 0 bridgehead atoms. The highest BCUT2D eigenvalue weighted by Crippen LogP contribution is 2.11. The van der Waals surface area contributed by atoms with E-state index in [0.29, 0.717) is 19.6 Å². The summed E-state index contributed by atoms with van der Waals surface area (Å²) in [4.78, 5) is 29.5. The van der Waals surface area contributed by atoms with Crippen LogP contribution in [0.2, 0.25) is 0 Å². The second kappa shape index (κ2) is 10.2. The molecule has 0 aliphatic carbocycles. The van der Waals surface area contributed by atoms with Crippen molar-refractivity contribution in [2.24, 2.45) is 0 Å². The molecule has 2 aromatic rings. The van der Waals surface area contributed by atoms with E-state index in [-0.39, 0.29) is 18.2 Å². The number of methoxy groups -OCH3 is 1. The summed E-state index contributed by atoms with van der Waals surface area (Å²) in [7, 11) is 1.63. The number of hydrogen-bond acceptors (Lipinski definition) is 4. The van der Waals surface area contributed by atoms with E-state index in [0.717, 1.165) is 23.3 Å². The first-order valence-corrected chi connectivity index (χ1v) is 8.62. The van der Waals surface area contributed by atoms with Gasteiger partial charge in [-0.1, -0.05) is 18.2 Å². The van der Waals surface area contributed by atoms with Crippen molar-refractivity contribution >= 4 is 11.8 Å². The lowest BCUT2D eigenvalue weighted by atomic mass is 10.1. The zero-order valence-electron chi connectivity index (χ0n) is 15.3. The van der Waals surface area contributed by atoms with E-state index in [2.05, 4.69) is 10.3 Å².